The van der Waals surface area contributed by atoms with E-state index in [4.69, 9.17) is 4.52 Å². The van der Waals surface area contributed by atoms with Gasteiger partial charge in [0, 0.05) is 16.0 Å². The maximum absolute atomic E-state index is 11.8. The highest BCUT2D eigenvalue weighted by molar-refractivity contribution is 7.09. The SMILES string of the molecule is O=c1[nH]c2ccccc2n(CCCOP)c1=O. The molecule has 90 valence electrons. The van der Waals surface area contributed by atoms with Crippen molar-refractivity contribution in [2.45, 2.75) is 13.0 Å². The van der Waals surface area contributed by atoms with Crippen molar-refractivity contribution in [1.82, 2.24) is 9.55 Å². The molecule has 1 aromatic heterocycles. The van der Waals surface area contributed by atoms with E-state index in [1.807, 2.05) is 18.2 Å². The van der Waals surface area contributed by atoms with E-state index in [2.05, 4.69) is 14.5 Å². The van der Waals surface area contributed by atoms with Gasteiger partial charge in [-0.2, -0.15) is 0 Å². The van der Waals surface area contributed by atoms with E-state index in [0.29, 0.717) is 25.1 Å². The zero-order chi connectivity index (χ0) is 12.3. The van der Waals surface area contributed by atoms with E-state index in [1.165, 1.54) is 4.57 Å². The van der Waals surface area contributed by atoms with Gasteiger partial charge in [0.1, 0.15) is 0 Å². The molecule has 0 aliphatic heterocycles. The van der Waals surface area contributed by atoms with Gasteiger partial charge in [0.25, 0.3) is 0 Å². The number of nitrogens with one attached hydrogen (secondary N) is 1. The quantitative estimate of drug-likeness (QED) is 0.499. The smallest absolute Gasteiger partial charge is 0.316 e. The molecule has 0 bridgehead atoms. The van der Waals surface area contributed by atoms with Crippen molar-refractivity contribution in [1.29, 1.82) is 0 Å². The van der Waals surface area contributed by atoms with Crippen LogP contribution in [-0.4, -0.2) is 16.2 Å². The first-order valence-corrected chi connectivity index (χ1v) is 5.74. The zero-order valence-electron chi connectivity index (χ0n) is 9.18. The van der Waals surface area contributed by atoms with E-state index in [1.54, 1.807) is 6.07 Å². The summed E-state index contributed by atoms with van der Waals surface area (Å²) in [6, 6.07) is 7.24. The Morgan fingerprint density at radius 1 is 1.29 bits per heavy atom. The van der Waals surface area contributed by atoms with Gasteiger partial charge >= 0.3 is 11.1 Å². The Labute approximate surface area is 99.7 Å². The maximum Gasteiger partial charge on any atom is 0.316 e. The van der Waals surface area contributed by atoms with Crippen LogP contribution in [0.3, 0.4) is 0 Å². The molecule has 6 heteroatoms. The summed E-state index contributed by atoms with van der Waals surface area (Å²) in [6.07, 6.45) is 0.677. The number of rotatable bonds is 4. The second-order valence-corrected chi connectivity index (χ2v) is 3.99. The van der Waals surface area contributed by atoms with Crippen LogP contribution in [0.2, 0.25) is 0 Å². The van der Waals surface area contributed by atoms with E-state index >= 15 is 0 Å². The number of benzene rings is 1. The second-order valence-electron chi connectivity index (χ2n) is 3.65. The van der Waals surface area contributed by atoms with Crippen molar-refractivity contribution < 1.29 is 4.52 Å². The van der Waals surface area contributed by atoms with Gasteiger partial charge in [-0.05, 0) is 18.6 Å². The van der Waals surface area contributed by atoms with Gasteiger partial charge < -0.3 is 14.1 Å². The van der Waals surface area contributed by atoms with E-state index in [0.717, 1.165) is 5.52 Å². The van der Waals surface area contributed by atoms with Crippen LogP contribution in [0.5, 0.6) is 0 Å². The van der Waals surface area contributed by atoms with Crippen LogP contribution in [0.25, 0.3) is 11.0 Å². The molecular formula is C11H13N2O3P. The molecule has 1 heterocycles. The van der Waals surface area contributed by atoms with Crippen molar-refractivity contribution in [2.75, 3.05) is 6.61 Å². The van der Waals surface area contributed by atoms with Crippen molar-refractivity contribution in [3.05, 3.63) is 45.0 Å². The van der Waals surface area contributed by atoms with E-state index in [9.17, 15) is 9.59 Å². The first kappa shape index (κ1) is 12.0. The highest BCUT2D eigenvalue weighted by atomic mass is 31.0. The molecule has 2 aromatic rings. The Morgan fingerprint density at radius 3 is 2.82 bits per heavy atom. The minimum absolute atomic E-state index is 0.470. The summed E-state index contributed by atoms with van der Waals surface area (Å²) < 4.78 is 6.35. The number of aromatic amines is 1. The highest BCUT2D eigenvalue weighted by Gasteiger charge is 2.06. The lowest BCUT2D eigenvalue weighted by molar-refractivity contribution is 0.349. The number of hydrogen-bond acceptors (Lipinski definition) is 3. The zero-order valence-corrected chi connectivity index (χ0v) is 10.3. The lowest BCUT2D eigenvalue weighted by Crippen LogP contribution is -2.36. The number of nitrogens with zero attached hydrogens (tertiary/aromatic N) is 1. The van der Waals surface area contributed by atoms with Crippen LogP contribution >= 0.6 is 9.47 Å². The fourth-order valence-corrected chi connectivity index (χ4v) is 1.92. The molecular weight excluding hydrogens is 239 g/mol. The number of para-hydroxylation sites is 2. The number of fused-ring (bicyclic) bond motifs is 1. The minimum atomic E-state index is -0.588. The molecule has 0 saturated carbocycles. The average molecular weight is 252 g/mol. The van der Waals surface area contributed by atoms with Gasteiger partial charge in [-0.15, -0.1) is 0 Å². The molecule has 1 N–H and O–H groups in total. The molecule has 0 radical (unpaired) electrons. The number of aromatic nitrogens is 2. The molecule has 1 aromatic carbocycles. The predicted octanol–water partition coefficient (Wildman–Crippen LogP) is 0.887. The normalized spacial score (nSPS) is 10.9. The van der Waals surface area contributed by atoms with Crippen LogP contribution in [0.4, 0.5) is 0 Å². The molecule has 0 saturated heterocycles. The number of H-pyrrole nitrogens is 1. The predicted molar refractivity (Wildman–Crippen MR) is 69.1 cm³/mol. The van der Waals surface area contributed by atoms with Crippen molar-refractivity contribution >= 4 is 20.5 Å². The molecule has 17 heavy (non-hydrogen) atoms. The van der Waals surface area contributed by atoms with Crippen LogP contribution in [0.1, 0.15) is 6.42 Å². The summed E-state index contributed by atoms with van der Waals surface area (Å²) in [6.45, 7) is 0.996. The molecule has 0 spiro atoms. The average Bonchev–Trinajstić information content (AvgIpc) is 2.34. The third kappa shape index (κ3) is 2.46. The summed E-state index contributed by atoms with van der Waals surface area (Å²) in [5, 5.41) is 0. The highest BCUT2D eigenvalue weighted by Crippen LogP contribution is 2.07. The van der Waals surface area contributed by atoms with Gasteiger partial charge in [-0.3, -0.25) is 9.59 Å². The lowest BCUT2D eigenvalue weighted by Gasteiger charge is -2.08. The summed E-state index contributed by atoms with van der Waals surface area (Å²) >= 11 is 0. The molecule has 2 rings (SSSR count). The molecule has 1 unspecified atom stereocenters. The Morgan fingerprint density at radius 2 is 2.06 bits per heavy atom. The Hall–Kier alpha value is -1.45. The summed E-state index contributed by atoms with van der Waals surface area (Å²) in [5.41, 5.74) is 0.299. The van der Waals surface area contributed by atoms with E-state index < -0.39 is 11.1 Å². The molecule has 5 nitrogen and oxygen atoms in total. The van der Waals surface area contributed by atoms with Crippen LogP contribution < -0.4 is 11.1 Å². The standard InChI is InChI=1S/C11H13N2O3P/c14-10-11(15)13(6-3-7-16-17)9-5-2-1-4-8(9)12-10/h1-2,4-5H,3,6-7,17H2,(H,12,14). The number of hydrogen-bond donors (Lipinski definition) is 1. The minimum Gasteiger partial charge on any atom is -0.366 e. The van der Waals surface area contributed by atoms with E-state index in [-0.39, 0.29) is 0 Å². The molecule has 0 aliphatic rings. The first-order chi connectivity index (χ1) is 8.24. The second kappa shape index (κ2) is 5.25. The van der Waals surface area contributed by atoms with Crippen LogP contribution in [-0.2, 0) is 11.1 Å². The lowest BCUT2D eigenvalue weighted by atomic mass is 10.3. The van der Waals surface area contributed by atoms with Crippen LogP contribution in [0, 0.1) is 0 Å². The summed E-state index contributed by atoms with van der Waals surface area (Å²) in [7, 11) is 2.16. The largest absolute Gasteiger partial charge is 0.366 e. The molecule has 1 atom stereocenters. The fraction of sp³-hybridized carbons (Fsp3) is 0.273. The van der Waals surface area contributed by atoms with Crippen LogP contribution in [0.15, 0.2) is 33.9 Å². The monoisotopic (exact) mass is 252 g/mol. The van der Waals surface area contributed by atoms with Gasteiger partial charge in [-0.25, -0.2) is 0 Å². The summed E-state index contributed by atoms with van der Waals surface area (Å²) in [4.78, 5) is 25.8. The third-order valence-electron chi connectivity index (χ3n) is 2.53. The third-order valence-corrected chi connectivity index (χ3v) is 2.76. The molecule has 0 amide bonds. The van der Waals surface area contributed by atoms with Gasteiger partial charge in [-0.1, -0.05) is 12.1 Å². The Kier molecular flexibility index (Phi) is 3.71. The fourth-order valence-electron chi connectivity index (χ4n) is 1.75. The first-order valence-electron chi connectivity index (χ1n) is 5.27. The topological polar surface area (TPSA) is 64.1 Å². The Balaban J connectivity index is 2.54. The molecule has 0 aliphatic carbocycles. The molecule has 0 fully saturated rings. The van der Waals surface area contributed by atoms with Crippen molar-refractivity contribution in [3.8, 4) is 0 Å². The van der Waals surface area contributed by atoms with Crippen molar-refractivity contribution in [3.63, 3.8) is 0 Å². The van der Waals surface area contributed by atoms with Crippen molar-refractivity contribution in [2.24, 2.45) is 0 Å². The number of aryl methyl sites for hydroxylation is 1. The van der Waals surface area contributed by atoms with Gasteiger partial charge in [0.2, 0.25) is 0 Å². The van der Waals surface area contributed by atoms with Gasteiger partial charge in [0.05, 0.1) is 17.6 Å². The summed E-state index contributed by atoms with van der Waals surface area (Å²) in [5.74, 6) is 0. The maximum atomic E-state index is 11.8. The Bertz CT molecular complexity index is 632. The van der Waals surface area contributed by atoms with Gasteiger partial charge in [0.15, 0.2) is 0 Å².